The van der Waals surface area contributed by atoms with Crippen LogP contribution in [0.1, 0.15) is 11.1 Å². The van der Waals surface area contributed by atoms with Crippen molar-refractivity contribution >= 4 is 23.4 Å². The fourth-order valence-corrected chi connectivity index (χ4v) is 3.82. The van der Waals surface area contributed by atoms with E-state index < -0.39 is 0 Å². The zero-order valence-corrected chi connectivity index (χ0v) is 17.1. The third kappa shape index (κ3) is 5.58. The van der Waals surface area contributed by atoms with Gasteiger partial charge >= 0.3 is 0 Å². The topological polar surface area (TPSA) is 36.8 Å². The van der Waals surface area contributed by atoms with Gasteiger partial charge in [0.15, 0.2) is 0 Å². The Bertz CT molecular complexity index is 960. The number of rotatable bonds is 6. The summed E-state index contributed by atoms with van der Waals surface area (Å²) in [7, 11) is 0. The van der Waals surface area contributed by atoms with Crippen molar-refractivity contribution in [2.45, 2.75) is 6.54 Å². The molecule has 3 aromatic carbocycles. The van der Waals surface area contributed by atoms with Crippen molar-refractivity contribution in [1.29, 1.82) is 0 Å². The predicted molar refractivity (Wildman–Crippen MR) is 124 cm³/mol. The number of carbonyl (C=O) groups is 1. The molecule has 0 bridgehead atoms. The van der Waals surface area contributed by atoms with E-state index in [1.807, 2.05) is 48.5 Å². The zero-order valence-electron chi connectivity index (χ0n) is 17.1. The molecule has 0 unspecified atom stereocenters. The van der Waals surface area contributed by atoms with E-state index in [2.05, 4.69) is 52.7 Å². The molecule has 2 N–H and O–H groups in total. The molecular formula is C26H28N3O+. The van der Waals surface area contributed by atoms with Gasteiger partial charge in [-0.1, -0.05) is 60.7 Å². The first-order valence-electron chi connectivity index (χ1n) is 10.5. The van der Waals surface area contributed by atoms with Crippen LogP contribution in [-0.2, 0) is 11.3 Å². The summed E-state index contributed by atoms with van der Waals surface area (Å²) in [5.41, 5.74) is 4.44. The molecule has 3 aromatic rings. The summed E-state index contributed by atoms with van der Waals surface area (Å²) in [6, 6.07) is 28.7. The van der Waals surface area contributed by atoms with Crippen LogP contribution in [0.25, 0.3) is 6.08 Å². The Morgan fingerprint density at radius 2 is 1.50 bits per heavy atom. The van der Waals surface area contributed by atoms with Gasteiger partial charge in [-0.25, -0.2) is 0 Å². The second kappa shape index (κ2) is 9.90. The molecule has 1 amide bonds. The van der Waals surface area contributed by atoms with Gasteiger partial charge in [0.1, 0.15) is 6.54 Å². The van der Waals surface area contributed by atoms with Gasteiger partial charge in [0.25, 0.3) is 0 Å². The van der Waals surface area contributed by atoms with Crippen molar-refractivity contribution in [3.05, 3.63) is 102 Å². The summed E-state index contributed by atoms with van der Waals surface area (Å²) < 4.78 is 0. The number of anilines is 2. The minimum absolute atomic E-state index is 0.121. The maximum Gasteiger partial charge on any atom is 0.248 e. The number of quaternary nitrogens is 1. The molecule has 1 fully saturated rings. The highest BCUT2D eigenvalue weighted by atomic mass is 16.1. The first-order valence-corrected chi connectivity index (χ1v) is 10.5. The third-order valence-electron chi connectivity index (χ3n) is 5.49. The standard InChI is InChI=1S/C26H27N3O/c30-26(16-11-22-7-3-1-4-8-22)27-24-12-14-25(15-13-24)29-19-17-28(18-20-29)21-23-9-5-2-6-10-23/h1-16H,17-21H2,(H,27,30)/p+1/b16-11+. The van der Waals surface area contributed by atoms with Crippen LogP contribution in [0.4, 0.5) is 11.4 Å². The summed E-state index contributed by atoms with van der Waals surface area (Å²) in [6.45, 7) is 5.47. The highest BCUT2D eigenvalue weighted by Crippen LogP contribution is 2.18. The predicted octanol–water partition coefficient (Wildman–Crippen LogP) is 3.24. The molecule has 0 aromatic heterocycles. The van der Waals surface area contributed by atoms with Crippen LogP contribution in [0, 0.1) is 0 Å². The molecule has 1 heterocycles. The molecule has 1 aliphatic heterocycles. The minimum Gasteiger partial charge on any atom is -0.360 e. The van der Waals surface area contributed by atoms with E-state index in [0.717, 1.165) is 44.0 Å². The SMILES string of the molecule is O=C(/C=C/c1ccccc1)Nc1ccc(N2CC[NH+](Cc3ccccc3)CC2)cc1. The Morgan fingerprint density at radius 3 is 2.17 bits per heavy atom. The first-order chi connectivity index (χ1) is 14.8. The Kier molecular flexibility index (Phi) is 6.58. The van der Waals surface area contributed by atoms with E-state index in [0.29, 0.717) is 0 Å². The second-order valence-electron chi connectivity index (χ2n) is 7.68. The number of nitrogens with one attached hydrogen (secondary N) is 2. The molecule has 152 valence electrons. The molecule has 1 aliphatic rings. The molecule has 4 rings (SSSR count). The van der Waals surface area contributed by atoms with Crippen LogP contribution in [0.5, 0.6) is 0 Å². The van der Waals surface area contributed by atoms with Crippen molar-refractivity contribution in [2.24, 2.45) is 0 Å². The lowest BCUT2D eigenvalue weighted by Gasteiger charge is -2.33. The summed E-state index contributed by atoms with van der Waals surface area (Å²) in [4.78, 5) is 16.2. The molecule has 4 nitrogen and oxygen atoms in total. The smallest absolute Gasteiger partial charge is 0.248 e. The normalized spacial score (nSPS) is 14.7. The molecule has 30 heavy (non-hydrogen) atoms. The van der Waals surface area contributed by atoms with E-state index in [1.54, 1.807) is 11.0 Å². The van der Waals surface area contributed by atoms with E-state index in [-0.39, 0.29) is 5.91 Å². The van der Waals surface area contributed by atoms with Gasteiger partial charge in [-0.2, -0.15) is 0 Å². The third-order valence-corrected chi connectivity index (χ3v) is 5.49. The molecule has 0 atom stereocenters. The highest BCUT2D eigenvalue weighted by molar-refractivity contribution is 6.02. The maximum atomic E-state index is 12.1. The average Bonchev–Trinajstić information content (AvgIpc) is 2.80. The zero-order chi connectivity index (χ0) is 20.6. The number of hydrogen-bond acceptors (Lipinski definition) is 2. The average molecular weight is 399 g/mol. The van der Waals surface area contributed by atoms with E-state index in [9.17, 15) is 4.79 Å². The lowest BCUT2D eigenvalue weighted by molar-refractivity contribution is -0.914. The van der Waals surface area contributed by atoms with Crippen LogP contribution in [0.2, 0.25) is 0 Å². The van der Waals surface area contributed by atoms with Gasteiger partial charge in [0.2, 0.25) is 5.91 Å². The Balaban J connectivity index is 1.26. The van der Waals surface area contributed by atoms with Crippen molar-refractivity contribution in [3.8, 4) is 0 Å². The van der Waals surface area contributed by atoms with Gasteiger partial charge in [-0.15, -0.1) is 0 Å². The van der Waals surface area contributed by atoms with Crippen molar-refractivity contribution in [3.63, 3.8) is 0 Å². The van der Waals surface area contributed by atoms with Crippen LogP contribution in [0.15, 0.2) is 91.0 Å². The molecule has 0 aliphatic carbocycles. The first kappa shape index (κ1) is 19.9. The fraction of sp³-hybridized carbons (Fsp3) is 0.192. The Hall–Kier alpha value is -3.37. The monoisotopic (exact) mass is 398 g/mol. The van der Waals surface area contributed by atoms with Gasteiger partial charge in [0, 0.05) is 23.0 Å². The quantitative estimate of drug-likeness (QED) is 0.626. The van der Waals surface area contributed by atoms with E-state index >= 15 is 0 Å². The van der Waals surface area contributed by atoms with Crippen molar-refractivity contribution in [1.82, 2.24) is 0 Å². The largest absolute Gasteiger partial charge is 0.360 e. The summed E-state index contributed by atoms with van der Waals surface area (Å²) >= 11 is 0. The van der Waals surface area contributed by atoms with Gasteiger partial charge < -0.3 is 15.1 Å². The summed E-state index contributed by atoms with van der Waals surface area (Å²) in [5.74, 6) is -0.121. The van der Waals surface area contributed by atoms with E-state index in [1.165, 1.54) is 11.3 Å². The van der Waals surface area contributed by atoms with Crippen LogP contribution in [-0.4, -0.2) is 32.1 Å². The molecule has 1 saturated heterocycles. The number of benzene rings is 3. The Labute approximate surface area is 178 Å². The van der Waals surface area contributed by atoms with Gasteiger partial charge in [-0.3, -0.25) is 4.79 Å². The fourth-order valence-electron chi connectivity index (χ4n) is 3.82. The molecular weight excluding hydrogens is 370 g/mol. The molecule has 0 spiro atoms. The minimum atomic E-state index is -0.121. The number of amides is 1. The maximum absolute atomic E-state index is 12.1. The van der Waals surface area contributed by atoms with Gasteiger partial charge in [0.05, 0.1) is 26.2 Å². The Morgan fingerprint density at radius 1 is 0.867 bits per heavy atom. The number of hydrogen-bond donors (Lipinski definition) is 2. The van der Waals surface area contributed by atoms with E-state index in [4.69, 9.17) is 0 Å². The lowest BCUT2D eigenvalue weighted by Crippen LogP contribution is -3.13. The van der Waals surface area contributed by atoms with Gasteiger partial charge in [-0.05, 0) is 35.9 Å². The van der Waals surface area contributed by atoms with Crippen molar-refractivity contribution < 1.29 is 9.69 Å². The molecule has 4 heteroatoms. The van der Waals surface area contributed by atoms with Crippen LogP contribution < -0.4 is 15.1 Å². The second-order valence-corrected chi connectivity index (χ2v) is 7.68. The van der Waals surface area contributed by atoms with Crippen molar-refractivity contribution in [2.75, 3.05) is 36.4 Å². The summed E-state index contributed by atoms with van der Waals surface area (Å²) in [6.07, 6.45) is 3.39. The number of piperazine rings is 1. The highest BCUT2D eigenvalue weighted by Gasteiger charge is 2.20. The number of nitrogens with zero attached hydrogens (tertiary/aromatic N) is 1. The van der Waals surface area contributed by atoms with Crippen LogP contribution >= 0.6 is 0 Å². The summed E-state index contributed by atoms with van der Waals surface area (Å²) in [5, 5.41) is 2.93. The van der Waals surface area contributed by atoms with Crippen LogP contribution in [0.3, 0.4) is 0 Å². The molecule has 0 saturated carbocycles. The lowest BCUT2D eigenvalue weighted by atomic mass is 10.2. The number of carbonyl (C=O) groups excluding carboxylic acids is 1. The molecule has 0 radical (unpaired) electrons.